The third-order valence-electron chi connectivity index (χ3n) is 7.19. The number of methoxy groups -OCH3 is 1. The Bertz CT molecular complexity index is 1140. The molecule has 1 fully saturated rings. The fourth-order valence-corrected chi connectivity index (χ4v) is 5.35. The van der Waals surface area contributed by atoms with Gasteiger partial charge in [-0.2, -0.15) is 0 Å². The molecule has 0 saturated heterocycles. The number of rotatable bonds is 8. The molecule has 8 heteroatoms. The number of amides is 1. The second kappa shape index (κ2) is 10.4. The molecule has 2 aromatic carbocycles. The molecule has 0 unspecified atom stereocenters. The average Bonchev–Trinajstić information content (AvgIpc) is 3.28. The smallest absolute Gasteiger partial charge is 0.254 e. The largest absolute Gasteiger partial charge is 0.383 e. The van der Waals surface area contributed by atoms with E-state index in [1.807, 2.05) is 46.0 Å². The summed E-state index contributed by atoms with van der Waals surface area (Å²) in [6.45, 7) is 5.73. The van der Waals surface area contributed by atoms with E-state index in [9.17, 15) is 4.79 Å². The van der Waals surface area contributed by atoms with Crippen LogP contribution in [-0.2, 0) is 10.2 Å². The Morgan fingerprint density at radius 1 is 1.26 bits per heavy atom. The fourth-order valence-electron chi connectivity index (χ4n) is 5.16. The topological polar surface area (TPSA) is 86.3 Å². The maximum atomic E-state index is 13.7. The van der Waals surface area contributed by atoms with Gasteiger partial charge in [0.05, 0.1) is 12.1 Å². The van der Waals surface area contributed by atoms with Gasteiger partial charge >= 0.3 is 0 Å². The van der Waals surface area contributed by atoms with E-state index in [1.165, 1.54) is 5.56 Å². The van der Waals surface area contributed by atoms with Crippen LogP contribution in [0.1, 0.15) is 61.5 Å². The van der Waals surface area contributed by atoms with Gasteiger partial charge in [0.1, 0.15) is 5.52 Å². The number of hydrogen-bond acceptors (Lipinski definition) is 5. The summed E-state index contributed by atoms with van der Waals surface area (Å²) >= 11 is 6.27. The molecule has 1 aromatic heterocycles. The molecule has 1 aliphatic rings. The van der Waals surface area contributed by atoms with Crippen molar-refractivity contribution < 1.29 is 9.53 Å². The Morgan fingerprint density at radius 2 is 2.03 bits per heavy atom. The molecule has 0 atom stereocenters. The predicted octanol–water partition coefficient (Wildman–Crippen LogP) is 4.59. The first-order chi connectivity index (χ1) is 16.4. The van der Waals surface area contributed by atoms with Gasteiger partial charge in [-0.3, -0.25) is 4.79 Å². The quantitative estimate of drug-likeness (QED) is 0.506. The van der Waals surface area contributed by atoms with Gasteiger partial charge in [0.15, 0.2) is 0 Å². The van der Waals surface area contributed by atoms with Crippen molar-refractivity contribution in [1.82, 2.24) is 19.9 Å². The van der Waals surface area contributed by atoms with Gasteiger partial charge in [-0.25, -0.2) is 4.68 Å². The molecule has 1 saturated carbocycles. The summed E-state index contributed by atoms with van der Waals surface area (Å²) in [5, 5.41) is 9.25. The van der Waals surface area contributed by atoms with Crippen LogP contribution in [-0.4, -0.2) is 58.6 Å². The van der Waals surface area contributed by atoms with Crippen LogP contribution in [0.25, 0.3) is 11.0 Å². The summed E-state index contributed by atoms with van der Waals surface area (Å²) in [4.78, 5) is 15.6. The number of hydrogen-bond donors (Lipinski definition) is 1. The van der Waals surface area contributed by atoms with Gasteiger partial charge in [-0.15, -0.1) is 5.10 Å². The van der Waals surface area contributed by atoms with Crippen LogP contribution in [0, 0.1) is 0 Å². The number of nitrogens with zero attached hydrogens (tertiary/aromatic N) is 4. The summed E-state index contributed by atoms with van der Waals surface area (Å²) in [6.07, 6.45) is 3.58. The normalized spacial score (nSPS) is 20.7. The van der Waals surface area contributed by atoms with Gasteiger partial charge in [-0.05, 0) is 75.4 Å². The van der Waals surface area contributed by atoms with Crippen molar-refractivity contribution in [3.8, 4) is 0 Å². The van der Waals surface area contributed by atoms with Gasteiger partial charge in [0, 0.05) is 48.3 Å². The number of carbonyl (C=O) groups excluding carboxylic acids is 1. The van der Waals surface area contributed by atoms with Gasteiger partial charge in [-0.1, -0.05) is 28.9 Å². The van der Waals surface area contributed by atoms with E-state index in [1.54, 1.807) is 7.11 Å². The zero-order valence-electron chi connectivity index (χ0n) is 20.2. The highest BCUT2D eigenvalue weighted by molar-refractivity contribution is 6.30. The van der Waals surface area contributed by atoms with Gasteiger partial charge in [0.25, 0.3) is 5.91 Å². The van der Waals surface area contributed by atoms with E-state index < -0.39 is 0 Å². The van der Waals surface area contributed by atoms with E-state index in [0.29, 0.717) is 25.3 Å². The van der Waals surface area contributed by atoms with E-state index in [2.05, 4.69) is 30.2 Å². The highest BCUT2D eigenvalue weighted by Crippen LogP contribution is 2.41. The second-order valence-corrected chi connectivity index (χ2v) is 9.99. The summed E-state index contributed by atoms with van der Waals surface area (Å²) in [5.41, 5.74) is 9.67. The Hall–Kier alpha value is -2.48. The van der Waals surface area contributed by atoms with Crippen molar-refractivity contribution in [3.63, 3.8) is 0 Å². The number of aromatic nitrogens is 3. The zero-order valence-corrected chi connectivity index (χ0v) is 21.0. The number of nitrogens with two attached hydrogens (primary N) is 1. The maximum Gasteiger partial charge on any atom is 0.254 e. The van der Waals surface area contributed by atoms with Gasteiger partial charge in [0.2, 0.25) is 0 Å². The lowest BCUT2D eigenvalue weighted by molar-refractivity contribution is 0.0508. The van der Waals surface area contributed by atoms with Crippen LogP contribution >= 0.6 is 11.6 Å². The minimum atomic E-state index is -0.106. The number of carbonyl (C=O) groups is 1. The molecule has 0 bridgehead atoms. The van der Waals surface area contributed by atoms with Crippen molar-refractivity contribution in [3.05, 3.63) is 58.6 Å². The molecule has 7 nitrogen and oxygen atoms in total. The highest BCUT2D eigenvalue weighted by atomic mass is 35.5. The number of fused-ring (bicyclic) bond motifs is 1. The molecular formula is C26H34ClN5O2. The summed E-state index contributed by atoms with van der Waals surface area (Å²) in [7, 11) is 1.67. The van der Waals surface area contributed by atoms with Crippen LogP contribution in [0.5, 0.6) is 0 Å². The molecule has 182 valence electrons. The van der Waals surface area contributed by atoms with Crippen molar-refractivity contribution in [2.75, 3.05) is 26.8 Å². The fraction of sp³-hybridized carbons (Fsp3) is 0.500. The van der Waals surface area contributed by atoms with E-state index in [0.717, 1.165) is 41.7 Å². The summed E-state index contributed by atoms with van der Waals surface area (Å²) in [5.74, 6) is 0.00560. The van der Waals surface area contributed by atoms with Crippen molar-refractivity contribution in [1.29, 1.82) is 0 Å². The maximum absolute atomic E-state index is 13.7. The first-order valence-corrected chi connectivity index (χ1v) is 12.4. The summed E-state index contributed by atoms with van der Waals surface area (Å²) in [6, 6.07) is 14.0. The molecule has 1 aliphatic carbocycles. The minimum absolute atomic E-state index is 0.00560. The average molecular weight is 484 g/mol. The molecule has 2 N–H and O–H groups in total. The third kappa shape index (κ3) is 4.83. The molecule has 0 spiro atoms. The zero-order chi connectivity index (χ0) is 24.3. The molecular weight excluding hydrogens is 450 g/mol. The summed E-state index contributed by atoms with van der Waals surface area (Å²) < 4.78 is 7.21. The van der Waals surface area contributed by atoms with Crippen LogP contribution in [0.4, 0.5) is 0 Å². The van der Waals surface area contributed by atoms with E-state index in [-0.39, 0.29) is 23.4 Å². The first kappa shape index (κ1) is 24.6. The Labute approximate surface area is 206 Å². The van der Waals surface area contributed by atoms with Crippen LogP contribution in [0.2, 0.25) is 5.02 Å². The number of benzene rings is 2. The molecule has 34 heavy (non-hydrogen) atoms. The first-order valence-electron chi connectivity index (χ1n) is 12.0. The third-order valence-corrected chi connectivity index (χ3v) is 7.42. The lowest BCUT2D eigenvalue weighted by Gasteiger charge is -2.43. The Balaban J connectivity index is 1.55. The van der Waals surface area contributed by atoms with Crippen molar-refractivity contribution in [2.24, 2.45) is 5.73 Å². The minimum Gasteiger partial charge on any atom is -0.383 e. The lowest BCUT2D eigenvalue weighted by atomic mass is 9.68. The monoisotopic (exact) mass is 483 g/mol. The molecule has 1 heterocycles. The SMILES string of the molecule is COCCN(C(=O)c1ccc2c(c1)nnn2C(C)C)[C@H]1CC[C@](CN)(c2cccc(Cl)c2)CC1. The molecule has 3 aromatic rings. The Morgan fingerprint density at radius 3 is 2.68 bits per heavy atom. The molecule has 0 aliphatic heterocycles. The molecule has 1 amide bonds. The van der Waals surface area contributed by atoms with E-state index >= 15 is 0 Å². The second-order valence-electron chi connectivity index (χ2n) is 9.55. The van der Waals surface area contributed by atoms with Crippen LogP contribution in [0.3, 0.4) is 0 Å². The van der Waals surface area contributed by atoms with Gasteiger partial charge < -0.3 is 15.4 Å². The number of halogens is 1. The number of ether oxygens (including phenoxy) is 1. The van der Waals surface area contributed by atoms with E-state index in [4.69, 9.17) is 22.1 Å². The molecule has 4 rings (SSSR count). The van der Waals surface area contributed by atoms with Crippen LogP contribution < -0.4 is 5.73 Å². The standard InChI is InChI=1S/C26H34ClN5O2/c1-18(2)32-24-8-7-19(15-23(24)29-30-32)25(33)31(13-14-34-3)22-9-11-26(17-28,12-10-22)20-5-4-6-21(27)16-20/h4-8,15-16,18,22H,9-14,17,28H2,1-3H3/t22-,26-. The predicted molar refractivity (Wildman–Crippen MR) is 135 cm³/mol. The van der Waals surface area contributed by atoms with Crippen molar-refractivity contribution >= 4 is 28.5 Å². The Kier molecular flexibility index (Phi) is 7.55. The lowest BCUT2D eigenvalue weighted by Crippen LogP contribution is -2.48. The van der Waals surface area contributed by atoms with Crippen molar-refractivity contribution in [2.45, 2.75) is 57.0 Å². The molecule has 0 radical (unpaired) electrons. The highest BCUT2D eigenvalue weighted by Gasteiger charge is 2.38. The van der Waals surface area contributed by atoms with Crippen LogP contribution in [0.15, 0.2) is 42.5 Å².